The van der Waals surface area contributed by atoms with Crippen LogP contribution in [0.5, 0.6) is 0 Å². The van der Waals surface area contributed by atoms with Gasteiger partial charge in [-0.2, -0.15) is 0 Å². The van der Waals surface area contributed by atoms with Gasteiger partial charge in [-0.05, 0) is 25.2 Å². The molecule has 0 radical (unpaired) electrons. The summed E-state index contributed by atoms with van der Waals surface area (Å²) in [6, 6.07) is 5.63. The highest BCUT2D eigenvalue weighted by atomic mass is 35.5. The van der Waals surface area contributed by atoms with Crippen LogP contribution in [0.1, 0.15) is 6.92 Å². The zero-order valence-electron chi connectivity index (χ0n) is 10.7. The molecule has 1 heterocycles. The summed E-state index contributed by atoms with van der Waals surface area (Å²) in [5.41, 5.74) is 1.84. The summed E-state index contributed by atoms with van der Waals surface area (Å²) >= 11 is 5.98. The first kappa shape index (κ1) is 13.2. The molecule has 98 valence electrons. The third kappa shape index (κ3) is 3.15. The van der Waals surface area contributed by atoms with Crippen LogP contribution in [0, 0.1) is 0 Å². The smallest absolute Gasteiger partial charge is 0.221 e. The van der Waals surface area contributed by atoms with Gasteiger partial charge in [0.05, 0.1) is 11.4 Å². The molecule has 0 spiro atoms. The van der Waals surface area contributed by atoms with Crippen LogP contribution in [-0.2, 0) is 4.79 Å². The number of benzene rings is 1. The van der Waals surface area contributed by atoms with Gasteiger partial charge in [-0.15, -0.1) is 0 Å². The Kier molecular flexibility index (Phi) is 4.09. The van der Waals surface area contributed by atoms with E-state index in [2.05, 4.69) is 22.2 Å². The van der Waals surface area contributed by atoms with E-state index in [1.807, 2.05) is 12.1 Å². The Hall–Kier alpha value is -1.26. The number of anilines is 2. The van der Waals surface area contributed by atoms with Crippen molar-refractivity contribution < 1.29 is 4.79 Å². The molecule has 0 atom stereocenters. The minimum atomic E-state index is -0.0763. The molecule has 1 aliphatic heterocycles. The van der Waals surface area contributed by atoms with Crippen LogP contribution < -0.4 is 10.2 Å². The summed E-state index contributed by atoms with van der Waals surface area (Å²) in [5, 5.41) is 3.48. The Labute approximate surface area is 113 Å². The lowest BCUT2D eigenvalue weighted by Gasteiger charge is -2.35. The van der Waals surface area contributed by atoms with Crippen LogP contribution in [0.2, 0.25) is 5.02 Å². The third-order valence-electron chi connectivity index (χ3n) is 3.11. The number of carbonyl (C=O) groups excluding carboxylic acids is 1. The normalized spacial score (nSPS) is 16.7. The molecule has 1 aromatic rings. The molecule has 2 rings (SSSR count). The molecule has 0 aromatic heterocycles. The average Bonchev–Trinajstić information content (AvgIpc) is 2.30. The summed E-state index contributed by atoms with van der Waals surface area (Å²) < 4.78 is 0. The fraction of sp³-hybridized carbons (Fsp3) is 0.462. The molecule has 1 amide bonds. The Morgan fingerprint density at radius 2 is 1.94 bits per heavy atom. The number of halogens is 1. The first-order chi connectivity index (χ1) is 8.56. The van der Waals surface area contributed by atoms with Crippen molar-refractivity contribution in [2.45, 2.75) is 6.92 Å². The van der Waals surface area contributed by atoms with Crippen LogP contribution in [0.3, 0.4) is 0 Å². The lowest BCUT2D eigenvalue weighted by Crippen LogP contribution is -2.44. The van der Waals surface area contributed by atoms with Crippen molar-refractivity contribution in [1.82, 2.24) is 4.90 Å². The molecule has 1 saturated heterocycles. The molecule has 0 unspecified atom stereocenters. The predicted octanol–water partition coefficient (Wildman–Crippen LogP) is 2.05. The molecule has 5 heteroatoms. The largest absolute Gasteiger partial charge is 0.367 e. The average molecular weight is 268 g/mol. The molecule has 0 saturated carbocycles. The fourth-order valence-electron chi connectivity index (χ4n) is 2.12. The number of carbonyl (C=O) groups is 1. The number of piperazine rings is 1. The first-order valence-electron chi connectivity index (χ1n) is 6.07. The Bertz CT molecular complexity index is 442. The van der Waals surface area contributed by atoms with Gasteiger partial charge in [0.15, 0.2) is 0 Å². The molecule has 1 fully saturated rings. The number of hydrogen-bond donors (Lipinski definition) is 1. The summed E-state index contributed by atoms with van der Waals surface area (Å²) in [4.78, 5) is 15.8. The lowest BCUT2D eigenvalue weighted by atomic mass is 10.2. The minimum Gasteiger partial charge on any atom is -0.367 e. The van der Waals surface area contributed by atoms with Crippen LogP contribution in [-0.4, -0.2) is 44.0 Å². The van der Waals surface area contributed by atoms with Gasteiger partial charge >= 0.3 is 0 Å². The van der Waals surface area contributed by atoms with E-state index in [0.29, 0.717) is 5.02 Å². The maximum atomic E-state index is 11.2. The van der Waals surface area contributed by atoms with Crippen LogP contribution in [0.25, 0.3) is 0 Å². The van der Waals surface area contributed by atoms with Crippen molar-refractivity contribution in [3.8, 4) is 0 Å². The van der Waals surface area contributed by atoms with E-state index in [1.165, 1.54) is 6.92 Å². The van der Waals surface area contributed by atoms with E-state index in [0.717, 1.165) is 37.6 Å². The van der Waals surface area contributed by atoms with Gasteiger partial charge in [0, 0.05) is 38.1 Å². The number of amides is 1. The van der Waals surface area contributed by atoms with Crippen LogP contribution in [0.4, 0.5) is 11.4 Å². The maximum Gasteiger partial charge on any atom is 0.221 e. The summed E-state index contributed by atoms with van der Waals surface area (Å²) in [6.07, 6.45) is 0. The SMILES string of the molecule is CC(=O)Nc1cc(Cl)ccc1N1CCN(C)CC1. The van der Waals surface area contributed by atoms with Gasteiger partial charge in [0.2, 0.25) is 5.91 Å². The second-order valence-corrected chi connectivity index (χ2v) is 5.07. The molecule has 0 bridgehead atoms. The molecule has 4 nitrogen and oxygen atoms in total. The van der Waals surface area contributed by atoms with E-state index >= 15 is 0 Å². The monoisotopic (exact) mass is 267 g/mol. The summed E-state index contributed by atoms with van der Waals surface area (Å²) in [7, 11) is 2.12. The summed E-state index contributed by atoms with van der Waals surface area (Å²) in [6.45, 7) is 5.49. The number of likely N-dealkylation sites (N-methyl/N-ethyl adjacent to an activating group) is 1. The van der Waals surface area contributed by atoms with E-state index in [1.54, 1.807) is 6.07 Å². The highest BCUT2D eigenvalue weighted by Gasteiger charge is 2.17. The third-order valence-corrected chi connectivity index (χ3v) is 3.35. The van der Waals surface area contributed by atoms with Crippen LogP contribution >= 0.6 is 11.6 Å². The van der Waals surface area contributed by atoms with Gasteiger partial charge in [-0.3, -0.25) is 4.79 Å². The Morgan fingerprint density at radius 1 is 1.28 bits per heavy atom. The maximum absolute atomic E-state index is 11.2. The summed E-state index contributed by atoms with van der Waals surface area (Å²) in [5.74, 6) is -0.0763. The van der Waals surface area contributed by atoms with Crippen molar-refractivity contribution in [3.63, 3.8) is 0 Å². The molecule has 18 heavy (non-hydrogen) atoms. The van der Waals surface area contributed by atoms with Crippen LogP contribution in [0.15, 0.2) is 18.2 Å². The molecule has 1 aliphatic rings. The zero-order valence-corrected chi connectivity index (χ0v) is 11.5. The quantitative estimate of drug-likeness (QED) is 0.891. The molecule has 1 aromatic carbocycles. The standard InChI is InChI=1S/C13H18ClN3O/c1-10(18)15-12-9-11(14)3-4-13(12)17-7-5-16(2)6-8-17/h3-4,9H,5-8H2,1-2H3,(H,15,18). The molecular formula is C13H18ClN3O. The van der Waals surface area contributed by atoms with Gasteiger partial charge < -0.3 is 15.1 Å². The van der Waals surface area contributed by atoms with Crippen molar-refractivity contribution >= 4 is 28.9 Å². The van der Waals surface area contributed by atoms with Gasteiger partial charge in [0.1, 0.15) is 0 Å². The van der Waals surface area contributed by atoms with Crippen molar-refractivity contribution in [2.75, 3.05) is 43.4 Å². The highest BCUT2D eigenvalue weighted by Crippen LogP contribution is 2.29. The van der Waals surface area contributed by atoms with Crippen molar-refractivity contribution in [3.05, 3.63) is 23.2 Å². The van der Waals surface area contributed by atoms with E-state index in [4.69, 9.17) is 11.6 Å². The van der Waals surface area contributed by atoms with Gasteiger partial charge in [-0.25, -0.2) is 0 Å². The number of nitrogens with zero attached hydrogens (tertiary/aromatic N) is 2. The van der Waals surface area contributed by atoms with Gasteiger partial charge in [0.25, 0.3) is 0 Å². The highest BCUT2D eigenvalue weighted by molar-refractivity contribution is 6.31. The van der Waals surface area contributed by atoms with E-state index in [9.17, 15) is 4.79 Å². The number of nitrogens with one attached hydrogen (secondary N) is 1. The Morgan fingerprint density at radius 3 is 2.56 bits per heavy atom. The minimum absolute atomic E-state index is 0.0763. The second kappa shape index (κ2) is 5.59. The van der Waals surface area contributed by atoms with Gasteiger partial charge in [-0.1, -0.05) is 11.6 Å². The lowest BCUT2D eigenvalue weighted by molar-refractivity contribution is -0.114. The first-order valence-corrected chi connectivity index (χ1v) is 6.44. The number of rotatable bonds is 2. The zero-order chi connectivity index (χ0) is 13.1. The topological polar surface area (TPSA) is 35.6 Å². The van der Waals surface area contributed by atoms with E-state index < -0.39 is 0 Å². The molecule has 0 aliphatic carbocycles. The second-order valence-electron chi connectivity index (χ2n) is 4.63. The van der Waals surface area contributed by atoms with Crippen molar-refractivity contribution in [2.24, 2.45) is 0 Å². The number of hydrogen-bond acceptors (Lipinski definition) is 3. The van der Waals surface area contributed by atoms with Crippen molar-refractivity contribution in [1.29, 1.82) is 0 Å². The molecular weight excluding hydrogens is 250 g/mol. The molecule has 1 N–H and O–H groups in total. The predicted molar refractivity (Wildman–Crippen MR) is 75.5 cm³/mol. The fourth-order valence-corrected chi connectivity index (χ4v) is 2.29. The van der Waals surface area contributed by atoms with E-state index in [-0.39, 0.29) is 5.91 Å². The Balaban J connectivity index is 2.23.